The summed E-state index contributed by atoms with van der Waals surface area (Å²) in [6, 6.07) is 9.54. The van der Waals surface area contributed by atoms with Crippen LogP contribution in [0.4, 0.5) is 51.7 Å². The highest BCUT2D eigenvalue weighted by molar-refractivity contribution is 7.92. The summed E-state index contributed by atoms with van der Waals surface area (Å²) in [4.78, 5) is 5.47. The number of benzene rings is 5. The van der Waals surface area contributed by atoms with E-state index in [-0.39, 0.29) is 22.2 Å². The number of nitrogens with one attached hydrogen (secondary N) is 2. The van der Waals surface area contributed by atoms with Gasteiger partial charge in [0.15, 0.2) is 25.4 Å². The molecule has 5 aromatic carbocycles. The van der Waals surface area contributed by atoms with Gasteiger partial charge in [0.2, 0.25) is 17.2 Å². The third kappa shape index (κ3) is 15.8. The Morgan fingerprint density at radius 2 is 0.937 bits per heavy atom. The summed E-state index contributed by atoms with van der Waals surface area (Å²) in [5.74, 6) is -4.16. The molecule has 6 aromatic rings. The maximum absolute atomic E-state index is 12.8. The Hall–Kier alpha value is -6.66. The standard InChI is InChI=1S/C35H31ClN10O25S8/c36-33-40-34(38-18-1-4-20(5-2-18)72(48,49)11-9-70-78(64,65)66)42-35(41-33)39-19-3-8-24(74(52,53)54)23(15-19)44-46-31-27(77(61,62)63)14-17-13-26(76(58,59)60)30(29(37)28(17)32(31)47)45-43-22-7-6-21(16-25(22)75(55,56)57)73(50,51)12-10-71-79(67,68)69/h1-8,13-16,47H,9-12,37H2,(H,52,53,54)(H,55,56,57)(H,58,59,60)(H,61,62,63)(H,64,65,66)(H,67,68,69)(H2,38,39,40,41,42)/b45-43+,46-44+. The second kappa shape index (κ2) is 22.5. The number of nitrogen functional groups attached to an aromatic ring is 1. The normalized spacial score (nSPS) is 13.4. The van der Waals surface area contributed by atoms with Crippen molar-refractivity contribution in [2.75, 3.05) is 41.1 Å². The average molecular weight is 1280 g/mol. The molecule has 0 atom stereocenters. The summed E-state index contributed by atoms with van der Waals surface area (Å²) in [5, 5.41) is 29.0. The van der Waals surface area contributed by atoms with Crippen molar-refractivity contribution in [2.24, 2.45) is 20.5 Å². The number of nitrogens with two attached hydrogens (primary N) is 1. The second-order valence-corrected chi connectivity index (χ2v) is 27.4. The molecular weight excluding hydrogens is 1250 g/mol. The largest absolute Gasteiger partial charge is 0.505 e. The van der Waals surface area contributed by atoms with E-state index in [1.165, 1.54) is 12.1 Å². The van der Waals surface area contributed by atoms with Crippen LogP contribution >= 0.6 is 11.6 Å². The number of halogens is 1. The molecule has 0 aliphatic rings. The van der Waals surface area contributed by atoms with Crippen molar-refractivity contribution in [3.63, 3.8) is 0 Å². The van der Waals surface area contributed by atoms with Crippen molar-refractivity contribution in [3.8, 4) is 5.75 Å². The van der Waals surface area contributed by atoms with Gasteiger partial charge in [-0.2, -0.15) is 65.5 Å². The molecule has 6 rings (SSSR count). The van der Waals surface area contributed by atoms with Crippen LogP contribution in [-0.4, -0.2) is 139 Å². The third-order valence-electron chi connectivity index (χ3n) is 9.69. The number of sulfone groups is 2. The van der Waals surface area contributed by atoms with E-state index in [2.05, 4.69) is 54.4 Å². The highest BCUT2D eigenvalue weighted by Crippen LogP contribution is 2.49. The van der Waals surface area contributed by atoms with Crippen molar-refractivity contribution < 1.29 is 108 Å². The van der Waals surface area contributed by atoms with E-state index in [1.807, 2.05) is 0 Å². The fourth-order valence-electron chi connectivity index (χ4n) is 6.38. The van der Waals surface area contributed by atoms with Crippen molar-refractivity contribution in [1.29, 1.82) is 0 Å². The molecule has 0 saturated heterocycles. The Morgan fingerprint density at radius 1 is 0.494 bits per heavy atom. The van der Waals surface area contributed by atoms with E-state index in [0.717, 1.165) is 30.3 Å². The van der Waals surface area contributed by atoms with Gasteiger partial charge in [-0.15, -0.1) is 20.5 Å². The zero-order chi connectivity index (χ0) is 59.1. The number of nitrogens with zero attached hydrogens (tertiary/aromatic N) is 7. The lowest BCUT2D eigenvalue weighted by molar-refractivity contribution is 0.282. The van der Waals surface area contributed by atoms with Crippen molar-refractivity contribution >= 4 is 155 Å². The van der Waals surface area contributed by atoms with Gasteiger partial charge in [-0.3, -0.25) is 27.3 Å². The first kappa shape index (κ1) is 61.6. The summed E-state index contributed by atoms with van der Waals surface area (Å²) < 4.78 is 260. The van der Waals surface area contributed by atoms with Gasteiger partial charge < -0.3 is 21.5 Å². The van der Waals surface area contributed by atoms with Gasteiger partial charge in [-0.05, 0) is 89.8 Å². The number of phenols is 1. The van der Waals surface area contributed by atoms with Gasteiger partial charge in [-0.1, -0.05) is 0 Å². The Morgan fingerprint density at radius 3 is 1.44 bits per heavy atom. The molecule has 0 bridgehead atoms. The van der Waals surface area contributed by atoms with Crippen LogP contribution in [0.5, 0.6) is 5.75 Å². The minimum atomic E-state index is -5.60. The Bertz CT molecular complexity index is 4500. The van der Waals surface area contributed by atoms with Crippen LogP contribution < -0.4 is 16.4 Å². The second-order valence-electron chi connectivity index (χ2n) is 15.1. The molecule has 0 radical (unpaired) electrons. The molecule has 0 unspecified atom stereocenters. The number of anilines is 5. The zero-order valence-electron chi connectivity index (χ0n) is 38.1. The third-order valence-corrected chi connectivity index (χ3v) is 17.7. The minimum Gasteiger partial charge on any atom is -0.505 e. The van der Waals surface area contributed by atoms with Gasteiger partial charge in [0.25, 0.3) is 40.5 Å². The molecule has 1 aromatic heterocycles. The topological polar surface area (TPSA) is 571 Å². The van der Waals surface area contributed by atoms with Crippen molar-refractivity contribution in [3.05, 3.63) is 78.1 Å². The van der Waals surface area contributed by atoms with Crippen molar-refractivity contribution in [1.82, 2.24) is 15.0 Å². The lowest BCUT2D eigenvalue weighted by atomic mass is 10.1. The predicted molar refractivity (Wildman–Crippen MR) is 267 cm³/mol. The molecule has 44 heteroatoms. The molecule has 11 N–H and O–H groups in total. The number of aromatic nitrogens is 3. The molecule has 35 nitrogen and oxygen atoms in total. The lowest BCUT2D eigenvalue weighted by Gasteiger charge is -2.14. The monoisotopic (exact) mass is 1280 g/mol. The summed E-state index contributed by atoms with van der Waals surface area (Å²) in [5.41, 5.74) is 0.707. The van der Waals surface area contributed by atoms with E-state index in [0.29, 0.717) is 30.3 Å². The van der Waals surface area contributed by atoms with Crippen LogP contribution in [0.3, 0.4) is 0 Å². The van der Waals surface area contributed by atoms with E-state index in [9.17, 15) is 90.7 Å². The number of hydrogen-bond acceptors (Lipinski definition) is 29. The summed E-state index contributed by atoms with van der Waals surface area (Å²) >= 11 is 6.08. The van der Waals surface area contributed by atoms with E-state index >= 15 is 0 Å². The minimum absolute atomic E-state index is 0.144. The van der Waals surface area contributed by atoms with Gasteiger partial charge in [0, 0.05) is 11.4 Å². The van der Waals surface area contributed by atoms with Gasteiger partial charge in [-0.25, -0.2) is 25.2 Å². The van der Waals surface area contributed by atoms with Gasteiger partial charge >= 0.3 is 20.8 Å². The lowest BCUT2D eigenvalue weighted by Crippen LogP contribution is -2.16. The van der Waals surface area contributed by atoms with E-state index in [1.54, 1.807) is 0 Å². The Balaban J connectivity index is 1.40. The van der Waals surface area contributed by atoms with Crippen LogP contribution in [0, 0.1) is 0 Å². The smallest absolute Gasteiger partial charge is 0.397 e. The SMILES string of the molecule is Nc1c(/N=N/c2ccc(S(=O)(=O)CCOS(=O)(=O)O)cc2S(=O)(=O)O)c(S(=O)(=O)O)cc2cc(S(=O)(=O)O)c(/N=N/c3cc(Nc4nc(Cl)nc(Nc5ccc(S(=O)(=O)CCOS(=O)(=O)O)cc5)n4)ccc3S(=O)(=O)O)c(O)c12. The molecule has 1 heterocycles. The van der Waals surface area contributed by atoms with Gasteiger partial charge in [0.05, 0.1) is 45.6 Å². The van der Waals surface area contributed by atoms with Crippen LogP contribution in [-0.2, 0) is 89.3 Å². The van der Waals surface area contributed by atoms with Gasteiger partial charge in [0.1, 0.15) is 42.3 Å². The molecular formula is C35H31ClN10O25S8. The molecule has 0 saturated carbocycles. The first-order valence-corrected chi connectivity index (χ1v) is 32.2. The summed E-state index contributed by atoms with van der Waals surface area (Å²) in [7, 11) is -40.8. The predicted octanol–water partition coefficient (Wildman–Crippen LogP) is 3.46. The molecule has 0 fully saturated rings. The summed E-state index contributed by atoms with van der Waals surface area (Å²) in [6.07, 6.45) is 0. The number of fused-ring (bicyclic) bond motifs is 1. The molecule has 0 aliphatic carbocycles. The van der Waals surface area contributed by atoms with Crippen LogP contribution in [0.25, 0.3) is 10.8 Å². The maximum atomic E-state index is 12.8. The first-order chi connectivity index (χ1) is 36.1. The average Bonchev–Trinajstić information content (AvgIpc) is 3.33. The molecule has 0 amide bonds. The van der Waals surface area contributed by atoms with E-state index in [4.69, 9.17) is 26.4 Å². The van der Waals surface area contributed by atoms with Crippen molar-refractivity contribution in [2.45, 2.75) is 29.4 Å². The quantitative estimate of drug-likeness (QED) is 0.0264. The summed E-state index contributed by atoms with van der Waals surface area (Å²) in [6.45, 7) is -2.06. The highest BCUT2D eigenvalue weighted by atomic mass is 35.5. The van der Waals surface area contributed by atoms with E-state index < -0.39 is 186 Å². The fourth-order valence-corrected chi connectivity index (χ4v) is 12.2. The number of rotatable bonds is 22. The maximum Gasteiger partial charge on any atom is 0.397 e. The molecule has 79 heavy (non-hydrogen) atoms. The Labute approximate surface area is 450 Å². The molecule has 0 spiro atoms. The Kier molecular flexibility index (Phi) is 17.5. The van der Waals surface area contributed by atoms with Crippen LogP contribution in [0.2, 0.25) is 5.28 Å². The number of aromatic hydroxyl groups is 1. The first-order valence-electron chi connectivity index (χ1n) is 20.0. The highest BCUT2D eigenvalue weighted by Gasteiger charge is 2.30. The fraction of sp³-hybridized carbons (Fsp3) is 0.114. The number of phenolic OH excluding ortho intramolecular Hbond substituents is 1. The number of azo groups is 2. The zero-order valence-corrected chi connectivity index (χ0v) is 45.4. The molecule has 426 valence electrons. The molecule has 0 aliphatic heterocycles. The number of hydrogen-bond donors (Lipinski definition) is 10. The van der Waals surface area contributed by atoms with Crippen LogP contribution in [0.1, 0.15) is 0 Å². The van der Waals surface area contributed by atoms with Crippen LogP contribution in [0.15, 0.2) is 123 Å².